The van der Waals surface area contributed by atoms with Crippen molar-refractivity contribution in [3.63, 3.8) is 0 Å². The molecule has 0 radical (unpaired) electrons. The van der Waals surface area contributed by atoms with E-state index in [1.54, 1.807) is 0 Å². The van der Waals surface area contributed by atoms with Crippen molar-refractivity contribution in [3.05, 3.63) is 24.3 Å². The van der Waals surface area contributed by atoms with Crippen molar-refractivity contribution in [2.45, 2.75) is 59.3 Å². The lowest BCUT2D eigenvalue weighted by atomic mass is 9.95. The number of aldehydes is 1. The smallest absolute Gasteiger partial charge is 0.122 e. The summed E-state index contributed by atoms with van der Waals surface area (Å²) in [5, 5.41) is 0. The summed E-state index contributed by atoms with van der Waals surface area (Å²) in [7, 11) is 0. The molecule has 1 nitrogen and oxygen atoms in total. The third-order valence-corrected chi connectivity index (χ3v) is 2.92. The number of rotatable bonds is 10. The first-order valence-corrected chi connectivity index (χ1v) is 6.99. The predicted molar refractivity (Wildman–Crippen MR) is 76.0 cm³/mol. The molecule has 0 aliphatic heterocycles. The minimum Gasteiger partial charge on any atom is -0.303 e. The summed E-state index contributed by atoms with van der Waals surface area (Å²) in [5.41, 5.74) is 0. The number of unbranched alkanes of at least 4 members (excludes halogenated alkanes) is 4. The zero-order valence-electron chi connectivity index (χ0n) is 11.7. The first-order chi connectivity index (χ1) is 8.24. The van der Waals surface area contributed by atoms with Crippen molar-refractivity contribution in [1.82, 2.24) is 0 Å². The van der Waals surface area contributed by atoms with Gasteiger partial charge in [0.15, 0.2) is 0 Å². The minimum absolute atomic E-state index is 0.154. The van der Waals surface area contributed by atoms with Crippen LogP contribution in [0.3, 0.4) is 0 Å². The maximum Gasteiger partial charge on any atom is 0.122 e. The van der Waals surface area contributed by atoms with Gasteiger partial charge in [-0.2, -0.15) is 0 Å². The molecule has 2 atom stereocenters. The largest absolute Gasteiger partial charge is 0.303 e. The minimum atomic E-state index is 0.154. The molecular formula is C16H28O. The Morgan fingerprint density at radius 1 is 1.12 bits per heavy atom. The van der Waals surface area contributed by atoms with Crippen LogP contribution in [-0.4, -0.2) is 6.29 Å². The van der Waals surface area contributed by atoms with E-state index in [1.807, 2.05) is 13.8 Å². The van der Waals surface area contributed by atoms with E-state index in [9.17, 15) is 4.79 Å². The van der Waals surface area contributed by atoms with E-state index in [0.29, 0.717) is 5.92 Å². The zero-order chi connectivity index (χ0) is 12.9. The second-order valence-corrected chi connectivity index (χ2v) is 4.82. The van der Waals surface area contributed by atoms with E-state index >= 15 is 0 Å². The summed E-state index contributed by atoms with van der Waals surface area (Å²) in [6.45, 7) is 6.25. The molecule has 0 fully saturated rings. The lowest BCUT2D eigenvalue weighted by Gasteiger charge is -2.09. The van der Waals surface area contributed by atoms with Gasteiger partial charge in [-0.1, -0.05) is 57.4 Å². The lowest BCUT2D eigenvalue weighted by Crippen LogP contribution is -2.02. The van der Waals surface area contributed by atoms with Crippen LogP contribution in [0.25, 0.3) is 0 Å². The number of hydrogen-bond acceptors (Lipinski definition) is 1. The Balaban J connectivity index is 3.89. The summed E-state index contributed by atoms with van der Waals surface area (Å²) < 4.78 is 0. The van der Waals surface area contributed by atoms with Crippen LogP contribution in [0.5, 0.6) is 0 Å². The van der Waals surface area contributed by atoms with Crippen molar-refractivity contribution in [3.8, 4) is 0 Å². The molecule has 0 aromatic heterocycles. The molecule has 0 saturated heterocycles. The number of carbonyl (C=O) groups is 1. The fourth-order valence-electron chi connectivity index (χ4n) is 1.91. The van der Waals surface area contributed by atoms with E-state index < -0.39 is 0 Å². The summed E-state index contributed by atoms with van der Waals surface area (Å²) in [6, 6.07) is 0. The quantitative estimate of drug-likeness (QED) is 0.298. The molecule has 0 N–H and O–H groups in total. The molecule has 0 aromatic carbocycles. The Morgan fingerprint density at radius 3 is 2.47 bits per heavy atom. The normalized spacial score (nSPS) is 15.5. The number of hydrogen-bond donors (Lipinski definition) is 0. The molecule has 0 amide bonds. The monoisotopic (exact) mass is 236 g/mol. The van der Waals surface area contributed by atoms with E-state index in [2.05, 4.69) is 31.2 Å². The Bertz CT molecular complexity index is 228. The SMILES string of the molecule is CC=CC(C=CCCCCCC)CC(C)C=O. The second kappa shape index (κ2) is 11.6. The molecule has 0 spiro atoms. The van der Waals surface area contributed by atoms with Crippen molar-refractivity contribution in [2.24, 2.45) is 11.8 Å². The van der Waals surface area contributed by atoms with E-state index in [1.165, 1.54) is 32.1 Å². The predicted octanol–water partition coefficient (Wildman–Crippen LogP) is 4.93. The third kappa shape index (κ3) is 10.0. The van der Waals surface area contributed by atoms with Gasteiger partial charge in [-0.15, -0.1) is 0 Å². The molecule has 0 rings (SSSR count). The van der Waals surface area contributed by atoms with Crippen LogP contribution in [0, 0.1) is 11.8 Å². The highest BCUT2D eigenvalue weighted by Gasteiger charge is 2.06. The highest BCUT2D eigenvalue weighted by molar-refractivity contribution is 5.52. The van der Waals surface area contributed by atoms with Gasteiger partial charge in [-0.25, -0.2) is 0 Å². The maximum absolute atomic E-state index is 10.6. The molecule has 0 aromatic rings. The van der Waals surface area contributed by atoms with Gasteiger partial charge in [0.25, 0.3) is 0 Å². The summed E-state index contributed by atoms with van der Waals surface area (Å²) >= 11 is 0. The van der Waals surface area contributed by atoms with Crippen LogP contribution in [0.4, 0.5) is 0 Å². The van der Waals surface area contributed by atoms with Crippen LogP contribution >= 0.6 is 0 Å². The van der Waals surface area contributed by atoms with E-state index in [-0.39, 0.29) is 5.92 Å². The standard InChI is InChI=1S/C16H28O/c1-4-6-7-8-9-10-12-16(11-5-2)13-15(3)14-17/h5,10-12,14-16H,4,6-9,13H2,1-3H3. The first-order valence-electron chi connectivity index (χ1n) is 6.99. The summed E-state index contributed by atoms with van der Waals surface area (Å²) in [6.07, 6.45) is 17.2. The van der Waals surface area contributed by atoms with Crippen molar-refractivity contribution in [2.75, 3.05) is 0 Å². The average Bonchev–Trinajstić information content (AvgIpc) is 2.33. The third-order valence-electron chi connectivity index (χ3n) is 2.92. The molecule has 0 heterocycles. The van der Waals surface area contributed by atoms with Gasteiger partial charge in [0, 0.05) is 5.92 Å². The molecule has 1 heteroatoms. The van der Waals surface area contributed by atoms with Crippen LogP contribution < -0.4 is 0 Å². The fraction of sp³-hybridized carbons (Fsp3) is 0.688. The van der Waals surface area contributed by atoms with Crippen LogP contribution in [0.1, 0.15) is 59.3 Å². The Labute approximate surface area is 107 Å². The lowest BCUT2D eigenvalue weighted by molar-refractivity contribution is -0.110. The molecule has 17 heavy (non-hydrogen) atoms. The Morgan fingerprint density at radius 2 is 1.88 bits per heavy atom. The molecule has 0 bridgehead atoms. The van der Waals surface area contributed by atoms with Crippen LogP contribution in [-0.2, 0) is 4.79 Å². The van der Waals surface area contributed by atoms with Crippen LogP contribution in [0.15, 0.2) is 24.3 Å². The summed E-state index contributed by atoms with van der Waals surface area (Å²) in [5.74, 6) is 0.576. The highest BCUT2D eigenvalue weighted by Crippen LogP contribution is 2.15. The van der Waals surface area contributed by atoms with Gasteiger partial charge in [0.2, 0.25) is 0 Å². The van der Waals surface area contributed by atoms with Gasteiger partial charge in [0.05, 0.1) is 0 Å². The first kappa shape index (κ1) is 16.1. The molecule has 98 valence electrons. The van der Waals surface area contributed by atoms with Gasteiger partial charge in [-0.05, 0) is 32.1 Å². The van der Waals surface area contributed by atoms with Crippen molar-refractivity contribution in [1.29, 1.82) is 0 Å². The number of carbonyl (C=O) groups excluding carboxylic acids is 1. The van der Waals surface area contributed by atoms with E-state index in [4.69, 9.17) is 0 Å². The molecule has 0 aliphatic carbocycles. The van der Waals surface area contributed by atoms with Crippen molar-refractivity contribution >= 4 is 6.29 Å². The molecule has 0 aliphatic rings. The maximum atomic E-state index is 10.6. The van der Waals surface area contributed by atoms with Crippen molar-refractivity contribution < 1.29 is 4.79 Å². The highest BCUT2D eigenvalue weighted by atomic mass is 16.1. The van der Waals surface area contributed by atoms with Gasteiger partial charge in [0.1, 0.15) is 6.29 Å². The van der Waals surface area contributed by atoms with Gasteiger partial charge in [-0.3, -0.25) is 0 Å². The van der Waals surface area contributed by atoms with E-state index in [0.717, 1.165) is 12.7 Å². The Kier molecular flexibility index (Phi) is 11.0. The zero-order valence-corrected chi connectivity index (χ0v) is 11.7. The van der Waals surface area contributed by atoms with Gasteiger partial charge < -0.3 is 4.79 Å². The molecule has 0 saturated carbocycles. The fourth-order valence-corrected chi connectivity index (χ4v) is 1.91. The molecular weight excluding hydrogens is 208 g/mol. The second-order valence-electron chi connectivity index (χ2n) is 4.82. The average molecular weight is 236 g/mol. The summed E-state index contributed by atoms with van der Waals surface area (Å²) in [4.78, 5) is 10.6. The number of allylic oxidation sites excluding steroid dienone is 4. The van der Waals surface area contributed by atoms with Crippen LogP contribution in [0.2, 0.25) is 0 Å². The van der Waals surface area contributed by atoms with Gasteiger partial charge >= 0.3 is 0 Å². The molecule has 2 unspecified atom stereocenters. The topological polar surface area (TPSA) is 17.1 Å². The Hall–Kier alpha value is -0.850.